The molecule has 142 valence electrons. The molecule has 1 aromatic rings. The molecule has 27 heavy (non-hydrogen) atoms. The molecule has 4 bridgehead atoms. The van der Waals surface area contributed by atoms with E-state index in [1.54, 1.807) is 7.11 Å². The summed E-state index contributed by atoms with van der Waals surface area (Å²) in [7, 11) is 3.19. The lowest BCUT2D eigenvalue weighted by Crippen LogP contribution is -2.73. The maximum absolute atomic E-state index is 13.2. The highest BCUT2D eigenvalue weighted by Gasteiger charge is 2.82. The quantitative estimate of drug-likeness (QED) is 0.638. The number of carbonyl (C=O) groups is 1. The molecule has 0 unspecified atom stereocenters. The van der Waals surface area contributed by atoms with Gasteiger partial charge in [0.2, 0.25) is 0 Å². The van der Waals surface area contributed by atoms with Crippen LogP contribution in [0.2, 0.25) is 0 Å². The van der Waals surface area contributed by atoms with Crippen LogP contribution in [0, 0.1) is 11.8 Å². The van der Waals surface area contributed by atoms with Gasteiger partial charge in [0.1, 0.15) is 12.0 Å². The summed E-state index contributed by atoms with van der Waals surface area (Å²) in [5.41, 5.74) is 2.56. The number of rotatable bonds is 2. The fraction of sp³-hybridized carbons (Fsp3) is 0.571. The van der Waals surface area contributed by atoms with Gasteiger partial charge in [0.05, 0.1) is 31.6 Å². The second-order valence-corrected chi connectivity index (χ2v) is 8.41. The van der Waals surface area contributed by atoms with Gasteiger partial charge in [0.15, 0.2) is 5.72 Å². The maximum atomic E-state index is 13.2. The Kier molecular flexibility index (Phi) is 2.87. The number of piperidine rings is 2. The minimum atomic E-state index is -0.555. The third-order valence-electron chi connectivity index (χ3n) is 7.83. The predicted octanol–water partition coefficient (Wildman–Crippen LogP) is 2.25. The molecule has 1 spiro atoms. The molecule has 6 nitrogen and oxygen atoms in total. The Bertz CT molecular complexity index is 898. The van der Waals surface area contributed by atoms with E-state index in [-0.39, 0.29) is 30.1 Å². The van der Waals surface area contributed by atoms with Crippen LogP contribution >= 0.6 is 0 Å². The molecule has 1 saturated carbocycles. The highest BCUT2D eigenvalue weighted by Crippen LogP contribution is 2.72. The standard InChI is InChI=1S/C21H24N2O4/c1-4-11-10-23-16-8-13(11)18(19(24)26-3)20-9-17(23)27-21(16,20)22-15-6-5-12(25-2)7-14(15)20/h4-7,13,16-18,22H,8-10H2,1-3H3/t13-,16-,17-,18+,20-,21-/m0/s1. The fourth-order valence-electron chi connectivity index (χ4n) is 6.90. The zero-order valence-electron chi connectivity index (χ0n) is 15.8. The van der Waals surface area contributed by atoms with E-state index in [4.69, 9.17) is 14.2 Å². The number of nitrogens with zero attached hydrogens (tertiary/aromatic N) is 1. The molecule has 4 aliphatic heterocycles. The van der Waals surface area contributed by atoms with E-state index in [1.807, 2.05) is 6.07 Å². The zero-order valence-corrected chi connectivity index (χ0v) is 15.8. The number of anilines is 1. The first-order valence-electron chi connectivity index (χ1n) is 9.73. The van der Waals surface area contributed by atoms with Crippen molar-refractivity contribution >= 4 is 11.7 Å². The molecule has 4 heterocycles. The van der Waals surface area contributed by atoms with Crippen molar-refractivity contribution in [2.75, 3.05) is 26.1 Å². The molecular weight excluding hydrogens is 344 g/mol. The summed E-state index contributed by atoms with van der Waals surface area (Å²) in [6, 6.07) is 6.39. The molecule has 1 N–H and O–H groups in total. The number of esters is 1. The minimum absolute atomic E-state index is 0.0326. The Morgan fingerprint density at radius 2 is 2.26 bits per heavy atom. The van der Waals surface area contributed by atoms with Gasteiger partial charge in [-0.25, -0.2) is 0 Å². The molecule has 5 aliphatic rings. The number of ether oxygens (including phenoxy) is 3. The van der Waals surface area contributed by atoms with Crippen LogP contribution in [0.25, 0.3) is 0 Å². The van der Waals surface area contributed by atoms with Crippen LogP contribution in [0.4, 0.5) is 5.69 Å². The minimum Gasteiger partial charge on any atom is -0.497 e. The average molecular weight is 368 g/mol. The van der Waals surface area contributed by atoms with Crippen LogP contribution < -0.4 is 10.1 Å². The van der Waals surface area contributed by atoms with Gasteiger partial charge in [-0.15, -0.1) is 0 Å². The number of allylic oxidation sites excluding steroid dienone is 1. The first-order valence-corrected chi connectivity index (χ1v) is 9.73. The number of hydrogen-bond acceptors (Lipinski definition) is 6. The second-order valence-electron chi connectivity index (χ2n) is 8.41. The third-order valence-corrected chi connectivity index (χ3v) is 7.83. The van der Waals surface area contributed by atoms with E-state index >= 15 is 0 Å². The van der Waals surface area contributed by atoms with Crippen molar-refractivity contribution in [3.8, 4) is 5.75 Å². The lowest BCUT2D eigenvalue weighted by atomic mass is 9.49. The van der Waals surface area contributed by atoms with Crippen molar-refractivity contribution in [2.24, 2.45) is 11.8 Å². The molecule has 1 aromatic carbocycles. The third kappa shape index (κ3) is 1.53. The number of nitrogens with one attached hydrogen (secondary N) is 1. The van der Waals surface area contributed by atoms with Crippen molar-refractivity contribution in [1.29, 1.82) is 0 Å². The van der Waals surface area contributed by atoms with E-state index < -0.39 is 11.1 Å². The number of fused-ring (bicyclic) bond motifs is 4. The van der Waals surface area contributed by atoms with Gasteiger partial charge in [0.25, 0.3) is 0 Å². The van der Waals surface area contributed by atoms with Gasteiger partial charge < -0.3 is 19.5 Å². The van der Waals surface area contributed by atoms with Crippen molar-refractivity contribution in [2.45, 2.75) is 43.2 Å². The van der Waals surface area contributed by atoms with Crippen molar-refractivity contribution < 1.29 is 19.0 Å². The highest BCUT2D eigenvalue weighted by molar-refractivity contribution is 5.81. The molecule has 6 heteroatoms. The average Bonchev–Trinajstić information content (AvgIpc) is 3.29. The lowest BCUT2D eigenvalue weighted by Gasteiger charge is -2.60. The molecule has 0 radical (unpaired) electrons. The van der Waals surface area contributed by atoms with Crippen LogP contribution in [0.15, 0.2) is 29.8 Å². The molecule has 0 aromatic heterocycles. The van der Waals surface area contributed by atoms with Crippen LogP contribution in [0.5, 0.6) is 5.75 Å². The predicted molar refractivity (Wildman–Crippen MR) is 98.4 cm³/mol. The van der Waals surface area contributed by atoms with Crippen molar-refractivity contribution in [3.05, 3.63) is 35.4 Å². The number of benzene rings is 1. The van der Waals surface area contributed by atoms with E-state index in [9.17, 15) is 4.79 Å². The maximum Gasteiger partial charge on any atom is 0.310 e. The Labute approximate surface area is 158 Å². The van der Waals surface area contributed by atoms with Gasteiger partial charge in [-0.05, 0) is 43.0 Å². The van der Waals surface area contributed by atoms with E-state index in [2.05, 4.69) is 35.3 Å². The topological polar surface area (TPSA) is 60.0 Å². The number of methoxy groups -OCH3 is 2. The number of carbonyl (C=O) groups excluding carboxylic acids is 1. The monoisotopic (exact) mass is 368 g/mol. The molecule has 1 aliphatic carbocycles. The van der Waals surface area contributed by atoms with E-state index in [0.29, 0.717) is 0 Å². The van der Waals surface area contributed by atoms with Gasteiger partial charge >= 0.3 is 5.97 Å². The molecule has 3 saturated heterocycles. The van der Waals surface area contributed by atoms with Crippen LogP contribution in [-0.2, 0) is 19.7 Å². The van der Waals surface area contributed by atoms with Crippen LogP contribution in [0.1, 0.15) is 25.3 Å². The van der Waals surface area contributed by atoms with E-state index in [1.165, 1.54) is 12.7 Å². The smallest absolute Gasteiger partial charge is 0.310 e. The lowest BCUT2D eigenvalue weighted by molar-refractivity contribution is -0.161. The zero-order chi connectivity index (χ0) is 18.6. The summed E-state index contributed by atoms with van der Waals surface area (Å²) in [5, 5.41) is 3.73. The van der Waals surface area contributed by atoms with Crippen molar-refractivity contribution in [1.82, 2.24) is 4.90 Å². The van der Waals surface area contributed by atoms with Gasteiger partial charge in [-0.3, -0.25) is 9.69 Å². The summed E-state index contributed by atoms with van der Waals surface area (Å²) < 4.78 is 17.6. The SMILES string of the molecule is CC=C1CN2[C@@H]3C[C@@]45c6cc(OC)ccc6N[C@]4(O3)[C@@H]2C[C@@H]1[C@@H]5C(=O)OC. The van der Waals surface area contributed by atoms with Gasteiger partial charge in [-0.2, -0.15) is 0 Å². The first-order chi connectivity index (χ1) is 13.1. The Morgan fingerprint density at radius 1 is 1.41 bits per heavy atom. The van der Waals surface area contributed by atoms with Gasteiger partial charge in [0, 0.05) is 18.7 Å². The van der Waals surface area contributed by atoms with Crippen LogP contribution in [-0.4, -0.2) is 49.6 Å². The second kappa shape index (κ2) is 4.86. The summed E-state index contributed by atoms with van der Waals surface area (Å²) in [4.78, 5) is 15.7. The summed E-state index contributed by atoms with van der Waals surface area (Å²) in [6.07, 6.45) is 3.96. The Morgan fingerprint density at radius 3 is 3.00 bits per heavy atom. The molecule has 0 amide bonds. The largest absolute Gasteiger partial charge is 0.497 e. The number of hydrogen-bond donors (Lipinski definition) is 1. The Balaban J connectivity index is 1.65. The first kappa shape index (κ1) is 16.0. The summed E-state index contributed by atoms with van der Waals surface area (Å²) in [6.45, 7) is 2.96. The van der Waals surface area contributed by atoms with Crippen LogP contribution in [0.3, 0.4) is 0 Å². The van der Waals surface area contributed by atoms with Gasteiger partial charge in [-0.1, -0.05) is 11.6 Å². The fourth-order valence-corrected chi connectivity index (χ4v) is 6.90. The summed E-state index contributed by atoms with van der Waals surface area (Å²) >= 11 is 0. The van der Waals surface area contributed by atoms with Crippen molar-refractivity contribution in [3.63, 3.8) is 0 Å². The summed E-state index contributed by atoms with van der Waals surface area (Å²) in [5.74, 6) is 0.628. The van der Waals surface area contributed by atoms with E-state index in [0.717, 1.165) is 36.4 Å². The normalized spacial score (nSPS) is 44.2. The molecule has 6 atom stereocenters. The Hall–Kier alpha value is -2.05. The molecule has 4 fully saturated rings. The highest BCUT2D eigenvalue weighted by atomic mass is 16.6. The molecule has 6 rings (SSSR count). The molecular formula is C21H24N2O4.